The zero-order valence-electron chi connectivity index (χ0n) is 19.9. The van der Waals surface area contributed by atoms with Crippen molar-refractivity contribution in [3.05, 3.63) is 111 Å². The Morgan fingerprint density at radius 2 is 1.78 bits per heavy atom. The summed E-state index contributed by atoms with van der Waals surface area (Å²) in [7, 11) is 1.58. The third-order valence-electron chi connectivity index (χ3n) is 5.83. The van der Waals surface area contributed by atoms with Gasteiger partial charge < -0.3 is 15.4 Å². The van der Waals surface area contributed by atoms with Gasteiger partial charge in [-0.15, -0.1) is 0 Å². The van der Waals surface area contributed by atoms with E-state index >= 15 is 0 Å². The number of aromatic nitrogens is 3. The van der Waals surface area contributed by atoms with Crippen LogP contribution in [0.5, 0.6) is 5.75 Å². The summed E-state index contributed by atoms with van der Waals surface area (Å²) < 4.78 is 7.75. The number of ether oxygens (including phenoxy) is 1. The van der Waals surface area contributed by atoms with E-state index in [2.05, 4.69) is 37.7 Å². The van der Waals surface area contributed by atoms with E-state index in [1.165, 1.54) is 0 Å². The molecular formula is C28H23BrClN5O2. The van der Waals surface area contributed by atoms with Crippen LogP contribution in [0, 0.1) is 0 Å². The summed E-state index contributed by atoms with van der Waals surface area (Å²) in [6.07, 6.45) is 1.72. The number of fused-ring (bicyclic) bond motifs is 1. The van der Waals surface area contributed by atoms with Gasteiger partial charge in [0.05, 0.1) is 23.5 Å². The highest BCUT2D eigenvalue weighted by Crippen LogP contribution is 2.30. The van der Waals surface area contributed by atoms with Gasteiger partial charge in [-0.3, -0.25) is 4.79 Å². The first-order valence-electron chi connectivity index (χ1n) is 11.5. The van der Waals surface area contributed by atoms with Gasteiger partial charge in [0.25, 0.3) is 5.91 Å². The molecule has 0 spiro atoms. The van der Waals surface area contributed by atoms with Crippen LogP contribution in [0.4, 0.5) is 5.82 Å². The van der Waals surface area contributed by atoms with E-state index in [1.807, 2.05) is 54.6 Å². The lowest BCUT2D eigenvalue weighted by Crippen LogP contribution is -2.22. The molecule has 5 aromatic rings. The number of methoxy groups -OCH3 is 1. The number of hydrogen-bond donors (Lipinski definition) is 2. The molecule has 0 aliphatic carbocycles. The number of hydrogen-bond acceptors (Lipinski definition) is 5. The van der Waals surface area contributed by atoms with Crippen LogP contribution in [0.1, 0.15) is 21.5 Å². The molecule has 0 atom stereocenters. The van der Waals surface area contributed by atoms with E-state index in [4.69, 9.17) is 21.3 Å². The number of carbonyl (C=O) groups excluding carboxylic acids is 1. The molecule has 0 saturated heterocycles. The van der Waals surface area contributed by atoms with Crippen molar-refractivity contribution in [2.45, 2.75) is 13.1 Å². The standard InChI is InChI=1S/C28H23BrClN5O2/c1-37-21-9-5-8-20(13-21)28(36)32-16-19-7-4-6-18(12-19)15-31-26-14-25(22-10-2-3-11-24(22)30)34-27-23(29)17-33-35(26)27/h2-14,17,31H,15-16H2,1H3,(H,32,36). The predicted octanol–water partition coefficient (Wildman–Crippen LogP) is 6.36. The SMILES string of the molecule is COc1cccc(C(=O)NCc2cccc(CNc3cc(-c4ccccc4Cl)nc4c(Br)cnn34)c2)c1. The molecule has 186 valence electrons. The Kier molecular flexibility index (Phi) is 7.39. The topological polar surface area (TPSA) is 80.5 Å². The third-order valence-corrected chi connectivity index (χ3v) is 6.72. The Morgan fingerprint density at radius 3 is 2.59 bits per heavy atom. The molecule has 5 rings (SSSR count). The van der Waals surface area contributed by atoms with Crippen molar-refractivity contribution < 1.29 is 9.53 Å². The number of anilines is 1. The lowest BCUT2D eigenvalue weighted by Gasteiger charge is -2.13. The maximum Gasteiger partial charge on any atom is 0.251 e. The highest BCUT2D eigenvalue weighted by atomic mass is 79.9. The number of halogens is 2. The third kappa shape index (κ3) is 5.60. The van der Waals surface area contributed by atoms with E-state index in [0.29, 0.717) is 35.1 Å². The van der Waals surface area contributed by atoms with E-state index in [-0.39, 0.29) is 5.91 Å². The normalized spacial score (nSPS) is 10.9. The van der Waals surface area contributed by atoms with E-state index in [0.717, 1.165) is 32.7 Å². The fourth-order valence-corrected chi connectivity index (χ4v) is 4.54. The van der Waals surface area contributed by atoms with Crippen molar-refractivity contribution in [2.75, 3.05) is 12.4 Å². The fourth-order valence-electron chi connectivity index (χ4n) is 3.96. The maximum absolute atomic E-state index is 12.6. The molecular weight excluding hydrogens is 554 g/mol. The number of carbonyl (C=O) groups is 1. The first-order chi connectivity index (χ1) is 18.0. The van der Waals surface area contributed by atoms with Crippen molar-refractivity contribution in [2.24, 2.45) is 0 Å². The molecule has 0 fully saturated rings. The average Bonchev–Trinajstić information content (AvgIpc) is 3.31. The monoisotopic (exact) mass is 575 g/mol. The van der Waals surface area contributed by atoms with Crippen LogP contribution in [0.3, 0.4) is 0 Å². The Bertz CT molecular complexity index is 1590. The second-order valence-electron chi connectivity index (χ2n) is 8.32. The van der Waals surface area contributed by atoms with Gasteiger partial charge in [-0.05, 0) is 51.3 Å². The number of benzene rings is 3. The van der Waals surface area contributed by atoms with Crippen molar-refractivity contribution in [1.82, 2.24) is 19.9 Å². The summed E-state index contributed by atoms with van der Waals surface area (Å²) in [5.74, 6) is 1.27. The molecule has 0 aliphatic rings. The molecule has 0 saturated carbocycles. The molecule has 2 N–H and O–H groups in total. The van der Waals surface area contributed by atoms with Crippen LogP contribution in [-0.2, 0) is 13.1 Å². The van der Waals surface area contributed by atoms with Crippen molar-refractivity contribution in [3.8, 4) is 17.0 Å². The predicted molar refractivity (Wildman–Crippen MR) is 149 cm³/mol. The van der Waals surface area contributed by atoms with Gasteiger partial charge >= 0.3 is 0 Å². The number of nitrogens with one attached hydrogen (secondary N) is 2. The molecule has 7 nitrogen and oxygen atoms in total. The van der Waals surface area contributed by atoms with Gasteiger partial charge in [0.1, 0.15) is 11.6 Å². The van der Waals surface area contributed by atoms with Gasteiger partial charge in [0.15, 0.2) is 5.65 Å². The van der Waals surface area contributed by atoms with Crippen LogP contribution in [0.15, 0.2) is 89.5 Å². The molecule has 0 radical (unpaired) electrons. The minimum absolute atomic E-state index is 0.155. The Morgan fingerprint density at radius 1 is 1.00 bits per heavy atom. The number of nitrogens with zero attached hydrogens (tertiary/aromatic N) is 3. The summed E-state index contributed by atoms with van der Waals surface area (Å²) in [6, 6.07) is 24.7. The van der Waals surface area contributed by atoms with Gasteiger partial charge in [0, 0.05) is 35.3 Å². The highest BCUT2D eigenvalue weighted by Gasteiger charge is 2.13. The van der Waals surface area contributed by atoms with Crippen molar-refractivity contribution in [1.29, 1.82) is 0 Å². The quantitative estimate of drug-likeness (QED) is 0.225. The summed E-state index contributed by atoms with van der Waals surface area (Å²) in [5, 5.41) is 11.5. The minimum atomic E-state index is -0.155. The smallest absolute Gasteiger partial charge is 0.251 e. The molecule has 2 heterocycles. The molecule has 3 aromatic carbocycles. The summed E-state index contributed by atoms with van der Waals surface area (Å²) >= 11 is 9.98. The largest absolute Gasteiger partial charge is 0.497 e. The molecule has 0 bridgehead atoms. The van der Waals surface area contributed by atoms with E-state index in [1.54, 1.807) is 36.0 Å². The summed E-state index contributed by atoms with van der Waals surface area (Å²) in [4.78, 5) is 17.3. The number of rotatable bonds is 8. The van der Waals surface area contributed by atoms with Gasteiger partial charge in [-0.2, -0.15) is 9.61 Å². The summed E-state index contributed by atoms with van der Waals surface area (Å²) in [6.45, 7) is 0.961. The lowest BCUT2D eigenvalue weighted by atomic mass is 10.1. The van der Waals surface area contributed by atoms with Gasteiger partial charge in [0.2, 0.25) is 0 Å². The first kappa shape index (κ1) is 24.8. The van der Waals surface area contributed by atoms with Crippen LogP contribution in [-0.4, -0.2) is 27.6 Å². The van der Waals surface area contributed by atoms with Crippen LogP contribution >= 0.6 is 27.5 Å². The minimum Gasteiger partial charge on any atom is -0.497 e. The van der Waals surface area contributed by atoms with E-state index < -0.39 is 0 Å². The Hall–Kier alpha value is -3.88. The maximum atomic E-state index is 12.6. The second kappa shape index (κ2) is 11.0. The van der Waals surface area contributed by atoms with Crippen LogP contribution < -0.4 is 15.4 Å². The number of amides is 1. The van der Waals surface area contributed by atoms with Crippen LogP contribution in [0.25, 0.3) is 16.9 Å². The second-order valence-corrected chi connectivity index (χ2v) is 9.58. The lowest BCUT2D eigenvalue weighted by molar-refractivity contribution is 0.0950. The van der Waals surface area contributed by atoms with Gasteiger partial charge in [-0.25, -0.2) is 4.98 Å². The zero-order valence-corrected chi connectivity index (χ0v) is 22.3. The van der Waals surface area contributed by atoms with Crippen LogP contribution in [0.2, 0.25) is 5.02 Å². The Labute approximate surface area is 227 Å². The fraction of sp³-hybridized carbons (Fsp3) is 0.107. The molecule has 1 amide bonds. The molecule has 0 unspecified atom stereocenters. The van der Waals surface area contributed by atoms with Gasteiger partial charge in [-0.1, -0.05) is 60.1 Å². The first-order valence-corrected chi connectivity index (χ1v) is 12.7. The van der Waals surface area contributed by atoms with Crippen molar-refractivity contribution >= 4 is 44.9 Å². The highest BCUT2D eigenvalue weighted by molar-refractivity contribution is 9.10. The Balaban J connectivity index is 1.32. The molecule has 0 aliphatic heterocycles. The summed E-state index contributed by atoms with van der Waals surface area (Å²) in [5.41, 5.74) is 4.89. The molecule has 2 aromatic heterocycles. The zero-order chi connectivity index (χ0) is 25.8. The molecule has 9 heteroatoms. The van der Waals surface area contributed by atoms with Crippen molar-refractivity contribution in [3.63, 3.8) is 0 Å². The van der Waals surface area contributed by atoms with E-state index in [9.17, 15) is 4.79 Å². The molecule has 37 heavy (non-hydrogen) atoms. The average molecular weight is 577 g/mol.